The zero-order valence-electron chi connectivity index (χ0n) is 12.3. The first-order valence-corrected chi connectivity index (χ1v) is 7.28. The van der Waals surface area contributed by atoms with E-state index in [-0.39, 0.29) is 0 Å². The number of aromatic nitrogens is 5. The summed E-state index contributed by atoms with van der Waals surface area (Å²) in [7, 11) is 0. The first-order valence-electron chi connectivity index (χ1n) is 7.28. The molecule has 0 radical (unpaired) electrons. The van der Waals surface area contributed by atoms with E-state index in [2.05, 4.69) is 25.4 Å². The van der Waals surface area contributed by atoms with Gasteiger partial charge in [0.1, 0.15) is 11.5 Å². The lowest BCUT2D eigenvalue weighted by Crippen LogP contribution is -2.31. The molecule has 1 aliphatic rings. The van der Waals surface area contributed by atoms with Gasteiger partial charge in [-0.15, -0.1) is 5.10 Å². The highest BCUT2D eigenvalue weighted by molar-refractivity contribution is 5.42. The number of nitrogens with zero attached hydrogens (tertiary/aromatic N) is 6. The van der Waals surface area contributed by atoms with Gasteiger partial charge >= 0.3 is 0 Å². The zero-order valence-corrected chi connectivity index (χ0v) is 12.3. The topological polar surface area (TPSA) is 72.9 Å². The van der Waals surface area contributed by atoms with Gasteiger partial charge in [0.2, 0.25) is 0 Å². The van der Waals surface area contributed by atoms with E-state index in [0.717, 1.165) is 48.0 Å². The van der Waals surface area contributed by atoms with E-state index >= 15 is 0 Å². The lowest BCUT2D eigenvalue weighted by Gasteiger charge is -2.26. The molecule has 3 aromatic rings. The highest BCUT2D eigenvalue weighted by Gasteiger charge is 2.25. The third-order valence-electron chi connectivity index (χ3n) is 3.89. The first kappa shape index (κ1) is 13.0. The van der Waals surface area contributed by atoms with E-state index in [9.17, 15) is 0 Å². The molecule has 0 unspecified atom stereocenters. The molecule has 0 bridgehead atoms. The highest BCUT2D eigenvalue weighted by Crippen LogP contribution is 2.25. The minimum atomic E-state index is 0.624. The fourth-order valence-corrected chi connectivity index (χ4v) is 2.69. The molecule has 0 N–H and O–H groups in total. The summed E-state index contributed by atoms with van der Waals surface area (Å²) < 4.78 is 7.34. The summed E-state index contributed by atoms with van der Waals surface area (Å²) in [6.07, 6.45) is 4.52. The summed E-state index contributed by atoms with van der Waals surface area (Å²) in [6.45, 7) is 4.17. The number of anilines is 1. The van der Waals surface area contributed by atoms with E-state index in [1.165, 1.54) is 0 Å². The number of fused-ring (bicyclic) bond motifs is 1. The standard InChI is InChI=1S/C15H16N6O/c1-11-3-4-15(18-17-11)20-8-5-14-12(9-20)13(19-22-14)10-21-7-2-6-16-21/h2-4,6-7H,5,8-10H2,1H3. The van der Waals surface area contributed by atoms with Gasteiger partial charge in [0, 0.05) is 37.5 Å². The van der Waals surface area contributed by atoms with E-state index < -0.39 is 0 Å². The Kier molecular flexibility index (Phi) is 3.10. The van der Waals surface area contributed by atoms with Crippen molar-refractivity contribution < 1.29 is 4.52 Å². The van der Waals surface area contributed by atoms with Crippen LogP contribution >= 0.6 is 0 Å². The van der Waals surface area contributed by atoms with Crippen LogP contribution in [0.2, 0.25) is 0 Å². The van der Waals surface area contributed by atoms with Gasteiger partial charge in [-0.05, 0) is 25.1 Å². The average molecular weight is 296 g/mol. The SMILES string of the molecule is Cc1ccc(N2CCc3onc(Cn4cccn4)c3C2)nn1. The van der Waals surface area contributed by atoms with Crippen molar-refractivity contribution in [2.75, 3.05) is 11.4 Å². The average Bonchev–Trinajstić information content (AvgIpc) is 3.18. The summed E-state index contributed by atoms with van der Waals surface area (Å²) in [5.74, 6) is 1.86. The molecule has 0 saturated carbocycles. The summed E-state index contributed by atoms with van der Waals surface area (Å²) in [6, 6.07) is 5.89. The molecule has 4 rings (SSSR count). The van der Waals surface area contributed by atoms with Crippen LogP contribution in [0.15, 0.2) is 35.1 Å². The molecular weight excluding hydrogens is 280 g/mol. The van der Waals surface area contributed by atoms with Crippen molar-refractivity contribution in [2.45, 2.75) is 26.4 Å². The lowest BCUT2D eigenvalue weighted by atomic mass is 10.1. The van der Waals surface area contributed by atoms with Crippen LogP contribution in [0.3, 0.4) is 0 Å². The molecule has 0 fully saturated rings. The van der Waals surface area contributed by atoms with Crippen LogP contribution in [0.5, 0.6) is 0 Å². The Labute approximate surface area is 127 Å². The Morgan fingerprint density at radius 3 is 3.00 bits per heavy atom. The van der Waals surface area contributed by atoms with Crippen molar-refractivity contribution in [1.29, 1.82) is 0 Å². The molecule has 0 saturated heterocycles. The van der Waals surface area contributed by atoms with Crippen LogP contribution < -0.4 is 4.90 Å². The van der Waals surface area contributed by atoms with E-state index in [0.29, 0.717) is 6.54 Å². The van der Waals surface area contributed by atoms with Crippen LogP contribution in [-0.2, 0) is 19.5 Å². The Morgan fingerprint density at radius 2 is 2.23 bits per heavy atom. The molecular formula is C15H16N6O. The molecule has 0 aliphatic carbocycles. The molecule has 3 aromatic heterocycles. The smallest absolute Gasteiger partial charge is 0.151 e. The van der Waals surface area contributed by atoms with Crippen LogP contribution in [0, 0.1) is 6.92 Å². The van der Waals surface area contributed by atoms with Gasteiger partial charge in [0.15, 0.2) is 5.82 Å². The van der Waals surface area contributed by atoms with Gasteiger partial charge in [-0.3, -0.25) is 4.68 Å². The normalized spacial score (nSPS) is 14.1. The molecule has 0 amide bonds. The molecule has 4 heterocycles. The maximum atomic E-state index is 5.49. The molecule has 22 heavy (non-hydrogen) atoms. The quantitative estimate of drug-likeness (QED) is 0.730. The molecule has 112 valence electrons. The molecule has 0 spiro atoms. The minimum Gasteiger partial charge on any atom is -0.361 e. The van der Waals surface area contributed by atoms with Crippen molar-refractivity contribution in [2.24, 2.45) is 0 Å². The van der Waals surface area contributed by atoms with Crippen molar-refractivity contribution in [3.05, 3.63) is 53.3 Å². The maximum absolute atomic E-state index is 5.49. The third kappa shape index (κ3) is 2.34. The van der Waals surface area contributed by atoms with E-state index in [1.54, 1.807) is 6.20 Å². The van der Waals surface area contributed by atoms with Gasteiger partial charge in [-0.2, -0.15) is 10.2 Å². The Hall–Kier alpha value is -2.70. The van der Waals surface area contributed by atoms with Crippen molar-refractivity contribution in [3.8, 4) is 0 Å². The van der Waals surface area contributed by atoms with Gasteiger partial charge in [-0.25, -0.2) is 0 Å². The number of aryl methyl sites for hydroxylation is 1. The number of hydrogen-bond acceptors (Lipinski definition) is 6. The Morgan fingerprint density at radius 1 is 1.27 bits per heavy atom. The zero-order chi connectivity index (χ0) is 14.9. The first-order chi connectivity index (χ1) is 10.8. The van der Waals surface area contributed by atoms with Crippen molar-refractivity contribution >= 4 is 5.82 Å². The second-order valence-corrected chi connectivity index (χ2v) is 5.44. The maximum Gasteiger partial charge on any atom is 0.151 e. The van der Waals surface area contributed by atoms with E-state index in [4.69, 9.17) is 4.52 Å². The predicted octanol–water partition coefficient (Wildman–Crippen LogP) is 1.58. The van der Waals surface area contributed by atoms with Gasteiger partial charge < -0.3 is 9.42 Å². The summed E-state index contributed by atoms with van der Waals surface area (Å²) in [5.41, 5.74) is 3.00. The molecule has 1 aliphatic heterocycles. The monoisotopic (exact) mass is 296 g/mol. The minimum absolute atomic E-state index is 0.624. The van der Waals surface area contributed by atoms with Gasteiger partial charge in [0.05, 0.1) is 12.2 Å². The molecule has 7 nitrogen and oxygen atoms in total. The summed E-state index contributed by atoms with van der Waals surface area (Å²) in [4.78, 5) is 2.21. The molecule has 0 aromatic carbocycles. The second kappa shape index (κ2) is 5.25. The van der Waals surface area contributed by atoms with Gasteiger partial charge in [-0.1, -0.05) is 5.16 Å². The summed E-state index contributed by atoms with van der Waals surface area (Å²) >= 11 is 0. The Balaban J connectivity index is 1.59. The Bertz CT molecular complexity index is 762. The molecule has 7 heteroatoms. The van der Waals surface area contributed by atoms with Crippen molar-refractivity contribution in [3.63, 3.8) is 0 Å². The molecule has 0 atom stereocenters. The van der Waals surface area contributed by atoms with Crippen LogP contribution in [0.4, 0.5) is 5.82 Å². The van der Waals surface area contributed by atoms with Crippen LogP contribution in [0.1, 0.15) is 22.7 Å². The lowest BCUT2D eigenvalue weighted by molar-refractivity contribution is 0.370. The van der Waals surface area contributed by atoms with Gasteiger partial charge in [0.25, 0.3) is 0 Å². The fourth-order valence-electron chi connectivity index (χ4n) is 2.69. The fraction of sp³-hybridized carbons (Fsp3) is 0.333. The van der Waals surface area contributed by atoms with E-state index in [1.807, 2.05) is 36.0 Å². The second-order valence-electron chi connectivity index (χ2n) is 5.44. The number of rotatable bonds is 3. The summed E-state index contributed by atoms with van der Waals surface area (Å²) in [5, 5.41) is 16.9. The third-order valence-corrected chi connectivity index (χ3v) is 3.89. The number of hydrogen-bond donors (Lipinski definition) is 0. The largest absolute Gasteiger partial charge is 0.361 e. The van der Waals surface area contributed by atoms with Crippen LogP contribution in [-0.4, -0.2) is 31.7 Å². The van der Waals surface area contributed by atoms with Crippen LogP contribution in [0.25, 0.3) is 0 Å². The predicted molar refractivity (Wildman–Crippen MR) is 79.4 cm³/mol. The highest BCUT2D eigenvalue weighted by atomic mass is 16.5. The van der Waals surface area contributed by atoms with Crippen molar-refractivity contribution in [1.82, 2.24) is 25.1 Å².